The van der Waals surface area contributed by atoms with Gasteiger partial charge in [0.1, 0.15) is 4.34 Å². The van der Waals surface area contributed by atoms with Gasteiger partial charge in [-0.3, -0.25) is 0 Å². The van der Waals surface area contributed by atoms with E-state index in [4.69, 9.17) is 34.8 Å². The molecule has 0 bridgehead atoms. The maximum atomic E-state index is 5.97. The first-order chi connectivity index (χ1) is 6.68. The van der Waals surface area contributed by atoms with Crippen molar-refractivity contribution in [1.29, 1.82) is 0 Å². The molecule has 6 heteroatoms. The predicted molar refractivity (Wildman–Crippen MR) is 60.4 cm³/mol. The molecule has 0 fully saturated rings. The molecule has 0 aliphatic rings. The average Bonchev–Trinajstić information content (AvgIpc) is 2.56. The monoisotopic (exact) mass is 264 g/mol. The zero-order valence-electron chi connectivity index (χ0n) is 6.67. The first-order valence-corrected chi connectivity index (χ1v) is 5.62. The molecule has 2 aromatic rings. The lowest BCUT2D eigenvalue weighted by atomic mass is 10.2. The van der Waals surface area contributed by atoms with Crippen molar-refractivity contribution in [3.63, 3.8) is 0 Å². The van der Waals surface area contributed by atoms with Crippen LogP contribution >= 0.6 is 46.1 Å². The Morgan fingerprint density at radius 3 is 2.50 bits per heavy atom. The summed E-state index contributed by atoms with van der Waals surface area (Å²) in [6.45, 7) is 0. The Balaban J connectivity index is 2.62. The van der Waals surface area contributed by atoms with Gasteiger partial charge in [0.05, 0.1) is 0 Å². The summed E-state index contributed by atoms with van der Waals surface area (Å²) in [6.07, 6.45) is 0. The lowest BCUT2D eigenvalue weighted by molar-refractivity contribution is 1.03. The zero-order valence-corrected chi connectivity index (χ0v) is 9.75. The minimum absolute atomic E-state index is 0.298. The highest BCUT2D eigenvalue weighted by Crippen LogP contribution is 2.36. The van der Waals surface area contributed by atoms with Gasteiger partial charge in [0.15, 0.2) is 10.3 Å². The van der Waals surface area contributed by atoms with E-state index in [9.17, 15) is 0 Å². The molecule has 0 saturated heterocycles. The van der Waals surface area contributed by atoms with E-state index in [0.717, 1.165) is 5.56 Å². The van der Waals surface area contributed by atoms with Crippen molar-refractivity contribution < 1.29 is 0 Å². The van der Waals surface area contributed by atoms with E-state index < -0.39 is 0 Å². The van der Waals surface area contributed by atoms with Gasteiger partial charge in [-0.15, -0.1) is 21.5 Å². The van der Waals surface area contributed by atoms with Crippen molar-refractivity contribution in [3.8, 4) is 11.1 Å². The van der Waals surface area contributed by atoms with Crippen molar-refractivity contribution in [2.45, 2.75) is 0 Å². The molecule has 0 saturated carbocycles. The lowest BCUT2D eigenvalue weighted by Crippen LogP contribution is -1.86. The first kappa shape index (κ1) is 10.2. The molecule has 0 aliphatic heterocycles. The zero-order chi connectivity index (χ0) is 10.1. The molecule has 0 aliphatic carbocycles. The average molecular weight is 266 g/mol. The van der Waals surface area contributed by atoms with Gasteiger partial charge in [0.25, 0.3) is 0 Å². The number of aromatic nitrogens is 2. The normalized spacial score (nSPS) is 10.5. The van der Waals surface area contributed by atoms with E-state index in [2.05, 4.69) is 10.2 Å². The van der Waals surface area contributed by atoms with Crippen molar-refractivity contribution in [1.82, 2.24) is 10.2 Å². The first-order valence-electron chi connectivity index (χ1n) is 3.60. The molecule has 0 atom stereocenters. The lowest BCUT2D eigenvalue weighted by Gasteiger charge is -2.00. The van der Waals surface area contributed by atoms with E-state index in [0.29, 0.717) is 20.2 Å². The second kappa shape index (κ2) is 4.03. The van der Waals surface area contributed by atoms with Crippen molar-refractivity contribution >= 4 is 46.1 Å². The van der Waals surface area contributed by atoms with E-state index in [1.54, 1.807) is 6.07 Å². The molecule has 2 heterocycles. The third-order valence-electron chi connectivity index (χ3n) is 1.63. The van der Waals surface area contributed by atoms with Gasteiger partial charge in [0, 0.05) is 11.1 Å². The quantitative estimate of drug-likeness (QED) is 0.773. The van der Waals surface area contributed by atoms with Crippen LogP contribution in [0.25, 0.3) is 11.1 Å². The molecule has 2 rings (SSSR count). The van der Waals surface area contributed by atoms with Crippen LogP contribution in [0.4, 0.5) is 0 Å². The second-order valence-electron chi connectivity index (χ2n) is 2.48. The van der Waals surface area contributed by atoms with Crippen LogP contribution in [0.15, 0.2) is 17.5 Å². The Hall–Kier alpha value is -0.350. The van der Waals surface area contributed by atoms with Crippen molar-refractivity contribution in [2.75, 3.05) is 0 Å². The molecule has 72 valence electrons. The summed E-state index contributed by atoms with van der Waals surface area (Å²) in [5.74, 6) is 0. The summed E-state index contributed by atoms with van der Waals surface area (Å²) in [4.78, 5) is 0. The number of halogens is 3. The van der Waals surface area contributed by atoms with Crippen LogP contribution in [0, 0.1) is 0 Å². The second-order valence-corrected chi connectivity index (χ2v) is 4.74. The number of rotatable bonds is 1. The van der Waals surface area contributed by atoms with Crippen LogP contribution in [-0.2, 0) is 0 Å². The Kier molecular flexibility index (Phi) is 2.93. The van der Waals surface area contributed by atoms with E-state index in [-0.39, 0.29) is 0 Å². The smallest absolute Gasteiger partial charge is 0.137 e. The minimum Gasteiger partial charge on any atom is -0.137 e. The van der Waals surface area contributed by atoms with E-state index in [1.807, 2.05) is 11.4 Å². The Morgan fingerprint density at radius 1 is 1.07 bits per heavy atom. The fourth-order valence-corrected chi connectivity index (χ4v) is 2.32. The highest BCUT2D eigenvalue weighted by Gasteiger charge is 2.10. The van der Waals surface area contributed by atoms with Crippen LogP contribution < -0.4 is 0 Å². The largest absolute Gasteiger partial charge is 0.159 e. The van der Waals surface area contributed by atoms with Gasteiger partial charge in [0.2, 0.25) is 0 Å². The summed E-state index contributed by atoms with van der Waals surface area (Å²) in [6, 6.07) is 3.51. The van der Waals surface area contributed by atoms with E-state index in [1.165, 1.54) is 11.3 Å². The van der Waals surface area contributed by atoms with Gasteiger partial charge >= 0.3 is 0 Å². The summed E-state index contributed by atoms with van der Waals surface area (Å²) >= 11 is 19.0. The summed E-state index contributed by atoms with van der Waals surface area (Å²) in [5.41, 5.74) is 1.54. The minimum atomic E-state index is 0.298. The Labute approximate surface area is 99.4 Å². The molecular formula is C8H3Cl3N2S. The third-order valence-corrected chi connectivity index (χ3v) is 3.26. The van der Waals surface area contributed by atoms with Gasteiger partial charge in [-0.1, -0.05) is 34.8 Å². The number of nitrogens with zero attached hydrogens (tertiary/aromatic N) is 2. The number of hydrogen-bond donors (Lipinski definition) is 0. The molecule has 0 radical (unpaired) electrons. The standard InChI is InChI=1S/C8H3Cl3N2S/c9-6-3-5(7(10)13-12-6)4-1-2-14-8(4)11/h1-3H. The number of thiophene rings is 1. The molecule has 0 amide bonds. The van der Waals surface area contributed by atoms with Crippen LogP contribution in [-0.4, -0.2) is 10.2 Å². The van der Waals surface area contributed by atoms with Gasteiger partial charge < -0.3 is 0 Å². The molecule has 2 nitrogen and oxygen atoms in total. The fourth-order valence-electron chi connectivity index (χ4n) is 1.03. The van der Waals surface area contributed by atoms with E-state index >= 15 is 0 Å². The van der Waals surface area contributed by atoms with Crippen LogP contribution in [0.3, 0.4) is 0 Å². The van der Waals surface area contributed by atoms with Gasteiger partial charge in [-0.2, -0.15) is 0 Å². The third kappa shape index (κ3) is 1.86. The predicted octanol–water partition coefficient (Wildman–Crippen LogP) is 4.17. The Morgan fingerprint density at radius 2 is 1.86 bits per heavy atom. The topological polar surface area (TPSA) is 25.8 Å². The van der Waals surface area contributed by atoms with Gasteiger partial charge in [-0.05, 0) is 17.5 Å². The molecule has 14 heavy (non-hydrogen) atoms. The summed E-state index contributed by atoms with van der Waals surface area (Å²) < 4.78 is 0.663. The SMILES string of the molecule is Clc1cc(-c2ccsc2Cl)c(Cl)nn1. The highest BCUT2D eigenvalue weighted by molar-refractivity contribution is 7.15. The van der Waals surface area contributed by atoms with Crippen molar-refractivity contribution in [2.24, 2.45) is 0 Å². The molecule has 2 aromatic heterocycles. The van der Waals surface area contributed by atoms with Crippen molar-refractivity contribution in [3.05, 3.63) is 32.2 Å². The molecule has 0 spiro atoms. The maximum Gasteiger partial charge on any atom is 0.159 e. The molecule has 0 unspecified atom stereocenters. The molecular weight excluding hydrogens is 263 g/mol. The molecule has 0 aromatic carbocycles. The fraction of sp³-hybridized carbons (Fsp3) is 0. The molecule has 0 N–H and O–H groups in total. The number of hydrogen-bond acceptors (Lipinski definition) is 3. The van der Waals surface area contributed by atoms with Crippen LogP contribution in [0.1, 0.15) is 0 Å². The Bertz CT molecular complexity index is 469. The maximum absolute atomic E-state index is 5.97. The van der Waals surface area contributed by atoms with Crippen LogP contribution in [0.2, 0.25) is 14.6 Å². The summed E-state index contributed by atoms with van der Waals surface area (Å²) in [5, 5.41) is 9.80. The summed E-state index contributed by atoms with van der Waals surface area (Å²) in [7, 11) is 0. The highest BCUT2D eigenvalue weighted by atomic mass is 35.5. The van der Waals surface area contributed by atoms with Gasteiger partial charge in [-0.25, -0.2) is 0 Å². The van der Waals surface area contributed by atoms with Crippen LogP contribution in [0.5, 0.6) is 0 Å².